The number of hydrogen-bond donors (Lipinski definition) is 2. The molecule has 2 N–H and O–H groups in total. The Morgan fingerprint density at radius 2 is 1.83 bits per heavy atom. The van der Waals surface area contributed by atoms with E-state index in [1.54, 1.807) is 0 Å². The van der Waals surface area contributed by atoms with Crippen LogP contribution in [0.25, 0.3) is 0 Å². The number of H-pyrrole nitrogens is 1. The third-order valence-electron chi connectivity index (χ3n) is 8.60. The first-order chi connectivity index (χ1) is 17.5. The minimum absolute atomic E-state index is 0.329. The lowest BCUT2D eigenvalue weighted by Crippen LogP contribution is -2.58. The van der Waals surface area contributed by atoms with E-state index in [2.05, 4.69) is 38.4 Å². The Morgan fingerprint density at radius 1 is 1.08 bits per heavy atom. The number of fused-ring (bicyclic) bond motifs is 2. The molecule has 1 saturated carbocycles. The monoisotopic (exact) mass is 493 g/mol. The molecule has 0 radical (unpaired) electrons. The summed E-state index contributed by atoms with van der Waals surface area (Å²) in [6.45, 7) is 3.54. The van der Waals surface area contributed by atoms with E-state index in [9.17, 15) is 4.79 Å². The quantitative estimate of drug-likeness (QED) is 0.593. The van der Waals surface area contributed by atoms with Crippen LogP contribution in [0.2, 0.25) is 0 Å². The zero-order valence-corrected chi connectivity index (χ0v) is 21.6. The van der Waals surface area contributed by atoms with E-state index in [1.807, 2.05) is 13.0 Å². The molecule has 5 heterocycles. The van der Waals surface area contributed by atoms with Crippen LogP contribution < -0.4 is 10.2 Å². The van der Waals surface area contributed by atoms with Gasteiger partial charge in [-0.15, -0.1) is 0 Å². The van der Waals surface area contributed by atoms with Crippen molar-refractivity contribution in [2.24, 2.45) is 5.92 Å². The van der Waals surface area contributed by atoms with Gasteiger partial charge in [-0.2, -0.15) is 10.1 Å². The summed E-state index contributed by atoms with van der Waals surface area (Å²) in [5.41, 5.74) is 2.07. The Morgan fingerprint density at radius 3 is 2.50 bits per heavy atom. The zero-order valence-electron chi connectivity index (χ0n) is 21.6. The number of carbonyl (C=O) groups excluding carboxylic acids is 1. The van der Waals surface area contributed by atoms with E-state index >= 15 is 0 Å². The maximum atomic E-state index is 13.1. The van der Waals surface area contributed by atoms with Crippen LogP contribution >= 0.6 is 0 Å². The third kappa shape index (κ3) is 5.08. The molecule has 3 saturated heterocycles. The fraction of sp³-hybridized carbons (Fsp3) is 0.704. The normalized spacial score (nSPS) is 26.6. The average Bonchev–Trinajstić information content (AvgIpc) is 3.61. The number of piperidine rings is 2. The Bertz CT molecular complexity index is 1060. The Balaban J connectivity index is 1.23. The molecule has 1 aliphatic carbocycles. The van der Waals surface area contributed by atoms with Crippen LogP contribution in [0.3, 0.4) is 0 Å². The number of hydrogen-bond acceptors (Lipinski definition) is 7. The molecule has 2 aromatic heterocycles. The van der Waals surface area contributed by atoms with Gasteiger partial charge in [0.1, 0.15) is 5.82 Å². The molecule has 6 rings (SSSR count). The van der Waals surface area contributed by atoms with Gasteiger partial charge in [0.25, 0.3) is 0 Å². The Kier molecular flexibility index (Phi) is 6.58. The molecule has 9 heteroatoms. The van der Waals surface area contributed by atoms with Crippen molar-refractivity contribution in [2.45, 2.75) is 95.2 Å². The molecule has 3 atom stereocenters. The van der Waals surface area contributed by atoms with Crippen molar-refractivity contribution in [3.05, 3.63) is 23.5 Å². The molecule has 3 aliphatic heterocycles. The van der Waals surface area contributed by atoms with E-state index in [0.29, 0.717) is 35.9 Å². The fourth-order valence-corrected chi connectivity index (χ4v) is 6.40. The summed E-state index contributed by atoms with van der Waals surface area (Å²) in [4.78, 5) is 27.7. The van der Waals surface area contributed by atoms with Gasteiger partial charge in [-0.1, -0.05) is 0 Å². The summed E-state index contributed by atoms with van der Waals surface area (Å²) in [7, 11) is 2.13. The Hall–Kier alpha value is -2.68. The van der Waals surface area contributed by atoms with Gasteiger partial charge < -0.3 is 19.9 Å². The van der Waals surface area contributed by atoms with Crippen molar-refractivity contribution in [3.63, 3.8) is 0 Å². The number of nitrogens with one attached hydrogen (secondary N) is 2. The smallest absolute Gasteiger partial charge is 0.227 e. The maximum Gasteiger partial charge on any atom is 0.227 e. The van der Waals surface area contributed by atoms with Crippen LogP contribution in [0.1, 0.15) is 81.5 Å². The van der Waals surface area contributed by atoms with Crippen LogP contribution in [0, 0.1) is 12.8 Å². The van der Waals surface area contributed by atoms with Gasteiger partial charge in [0.05, 0.1) is 5.69 Å². The van der Waals surface area contributed by atoms with Gasteiger partial charge in [0.15, 0.2) is 5.82 Å². The highest BCUT2D eigenvalue weighted by molar-refractivity contribution is 5.77. The lowest BCUT2D eigenvalue weighted by molar-refractivity contribution is -0.141. The summed E-state index contributed by atoms with van der Waals surface area (Å²) in [6.07, 6.45) is 10.6. The van der Waals surface area contributed by atoms with Crippen molar-refractivity contribution in [2.75, 3.05) is 30.5 Å². The molecule has 36 heavy (non-hydrogen) atoms. The number of amides is 1. The molecule has 4 aliphatic rings. The zero-order chi connectivity index (χ0) is 24.6. The van der Waals surface area contributed by atoms with Crippen LogP contribution in [-0.4, -0.2) is 69.4 Å². The fourth-order valence-electron chi connectivity index (χ4n) is 6.40. The third-order valence-corrected chi connectivity index (χ3v) is 8.60. The van der Waals surface area contributed by atoms with Gasteiger partial charge >= 0.3 is 0 Å². The largest absolute Gasteiger partial charge is 0.381 e. The molecular formula is C27H39N7O2. The topological polar surface area (TPSA) is 99.3 Å². The number of aromatic nitrogens is 4. The van der Waals surface area contributed by atoms with Gasteiger partial charge in [0.2, 0.25) is 11.9 Å². The predicted molar refractivity (Wildman–Crippen MR) is 138 cm³/mol. The van der Waals surface area contributed by atoms with Gasteiger partial charge in [-0.25, -0.2) is 4.98 Å². The minimum atomic E-state index is 0.329. The lowest BCUT2D eigenvalue weighted by atomic mass is 9.81. The second-order valence-electron chi connectivity index (χ2n) is 11.3. The van der Waals surface area contributed by atoms with Crippen molar-refractivity contribution < 1.29 is 9.53 Å². The molecular weight excluding hydrogens is 454 g/mol. The van der Waals surface area contributed by atoms with E-state index in [-0.39, 0.29) is 0 Å². The molecule has 0 spiro atoms. The van der Waals surface area contributed by atoms with Gasteiger partial charge in [-0.3, -0.25) is 9.89 Å². The van der Waals surface area contributed by atoms with Crippen LogP contribution in [0.5, 0.6) is 0 Å². The highest BCUT2D eigenvalue weighted by Gasteiger charge is 2.43. The summed E-state index contributed by atoms with van der Waals surface area (Å²) < 4.78 is 5.61. The van der Waals surface area contributed by atoms with Gasteiger partial charge in [0, 0.05) is 68.6 Å². The first kappa shape index (κ1) is 23.7. The first-order valence-corrected chi connectivity index (χ1v) is 13.8. The van der Waals surface area contributed by atoms with Crippen molar-refractivity contribution in [1.82, 2.24) is 25.1 Å². The summed E-state index contributed by atoms with van der Waals surface area (Å²) in [5.74, 6) is 3.70. The van der Waals surface area contributed by atoms with Crippen molar-refractivity contribution in [1.29, 1.82) is 0 Å². The van der Waals surface area contributed by atoms with Crippen LogP contribution in [-0.2, 0) is 9.53 Å². The van der Waals surface area contributed by atoms with Crippen molar-refractivity contribution in [3.8, 4) is 0 Å². The first-order valence-electron chi connectivity index (χ1n) is 13.8. The van der Waals surface area contributed by atoms with Crippen molar-refractivity contribution >= 4 is 23.5 Å². The molecule has 1 unspecified atom stereocenters. The van der Waals surface area contributed by atoms with E-state index in [4.69, 9.17) is 14.7 Å². The molecule has 2 bridgehead atoms. The molecule has 1 amide bonds. The number of aromatic amines is 1. The molecule has 4 fully saturated rings. The van der Waals surface area contributed by atoms with E-state index in [0.717, 1.165) is 87.1 Å². The highest BCUT2D eigenvalue weighted by atomic mass is 16.5. The molecule has 0 aromatic carbocycles. The summed E-state index contributed by atoms with van der Waals surface area (Å²) in [6, 6.07) is 5.08. The number of ether oxygens (including phenoxy) is 1. The van der Waals surface area contributed by atoms with Crippen LogP contribution in [0.15, 0.2) is 12.1 Å². The summed E-state index contributed by atoms with van der Waals surface area (Å²) >= 11 is 0. The number of anilines is 3. The second kappa shape index (κ2) is 10.00. The lowest BCUT2D eigenvalue weighted by Gasteiger charge is -2.50. The summed E-state index contributed by atoms with van der Waals surface area (Å²) in [5, 5.41) is 10.7. The number of nitrogens with zero attached hydrogens (tertiary/aromatic N) is 5. The SMILES string of the molecule is Cc1cc(Nc2cc(C3CCOCC3)nc(N(C)C3C[C@H]4CCC[C@@H](C3)N4C(=O)CC3CC3)n2)n[nH]1. The highest BCUT2D eigenvalue weighted by Crippen LogP contribution is 2.40. The number of aryl methyl sites for hydroxylation is 1. The van der Waals surface area contributed by atoms with Crippen LogP contribution in [0.4, 0.5) is 17.6 Å². The predicted octanol–water partition coefficient (Wildman–Crippen LogP) is 4.29. The number of rotatable bonds is 7. The average molecular weight is 494 g/mol. The standard InChI is InChI=1S/C27H39N7O2/c1-17-12-25(32-31-17)29-24-16-23(19-8-10-36-11-9-19)28-27(30-24)33(2)22-14-20-4-3-5-21(15-22)34(20)26(35)13-18-6-7-18/h12,16,18-22H,3-11,13-15H2,1-2H3,(H2,28,29,30,31,32)/t20-,21+,22?. The second-order valence-corrected chi connectivity index (χ2v) is 11.3. The number of carbonyl (C=O) groups is 1. The maximum absolute atomic E-state index is 13.1. The van der Waals surface area contributed by atoms with E-state index < -0.39 is 0 Å². The molecule has 194 valence electrons. The minimum Gasteiger partial charge on any atom is -0.381 e. The Labute approximate surface area is 213 Å². The van der Waals surface area contributed by atoms with E-state index in [1.165, 1.54) is 19.3 Å². The van der Waals surface area contributed by atoms with Gasteiger partial charge in [-0.05, 0) is 70.6 Å². The molecule has 2 aromatic rings. The molecule has 9 nitrogen and oxygen atoms in total.